The molecule has 1 N–H and O–H groups in total. The van der Waals surface area contributed by atoms with E-state index in [1.54, 1.807) is 4.90 Å². The van der Waals surface area contributed by atoms with Gasteiger partial charge in [0.25, 0.3) is 11.8 Å². The van der Waals surface area contributed by atoms with E-state index in [1.165, 1.54) is 24.3 Å². The Morgan fingerprint density at radius 2 is 1.52 bits per heavy atom. The molecule has 1 aliphatic rings. The fourth-order valence-electron chi connectivity index (χ4n) is 2.98. The molecule has 5 heteroatoms. The molecular weight excluding hydrogens is 319 g/mol. The van der Waals surface area contributed by atoms with Gasteiger partial charge in [0.15, 0.2) is 0 Å². The number of nitrogens with zero attached hydrogens (tertiary/aromatic N) is 1. The summed E-state index contributed by atoms with van der Waals surface area (Å²) in [5, 5.41) is 3.03. The Bertz CT molecular complexity index is 748. The van der Waals surface area contributed by atoms with Gasteiger partial charge in [-0.15, -0.1) is 0 Å². The van der Waals surface area contributed by atoms with E-state index < -0.39 is 0 Å². The van der Waals surface area contributed by atoms with Gasteiger partial charge in [-0.3, -0.25) is 9.59 Å². The molecule has 0 aliphatic carbocycles. The molecular formula is C20H21FN2O2. The van der Waals surface area contributed by atoms with E-state index in [2.05, 4.69) is 5.32 Å². The van der Waals surface area contributed by atoms with Crippen molar-refractivity contribution in [1.82, 2.24) is 10.2 Å². The van der Waals surface area contributed by atoms with Crippen LogP contribution in [0.1, 0.15) is 39.1 Å². The van der Waals surface area contributed by atoms with Gasteiger partial charge in [-0.25, -0.2) is 4.39 Å². The molecule has 1 fully saturated rings. The minimum absolute atomic E-state index is 0.0612. The van der Waals surface area contributed by atoms with Gasteiger partial charge < -0.3 is 10.2 Å². The highest BCUT2D eigenvalue weighted by molar-refractivity contribution is 5.95. The Morgan fingerprint density at radius 1 is 0.960 bits per heavy atom. The third-order valence-electron chi connectivity index (χ3n) is 4.52. The van der Waals surface area contributed by atoms with Crippen molar-refractivity contribution in [1.29, 1.82) is 0 Å². The van der Waals surface area contributed by atoms with Crippen LogP contribution in [0.4, 0.5) is 4.39 Å². The van der Waals surface area contributed by atoms with E-state index >= 15 is 0 Å². The van der Waals surface area contributed by atoms with Crippen LogP contribution in [0.2, 0.25) is 0 Å². The number of hydrogen-bond acceptors (Lipinski definition) is 2. The van der Waals surface area contributed by atoms with Crippen LogP contribution in [-0.4, -0.2) is 35.8 Å². The zero-order valence-electron chi connectivity index (χ0n) is 14.2. The van der Waals surface area contributed by atoms with Gasteiger partial charge in [0.2, 0.25) is 0 Å². The first-order valence-corrected chi connectivity index (χ1v) is 8.45. The molecule has 1 aliphatic heterocycles. The molecule has 2 aromatic carbocycles. The second kappa shape index (κ2) is 7.47. The molecule has 0 aromatic heterocycles. The second-order valence-corrected chi connectivity index (χ2v) is 6.41. The summed E-state index contributed by atoms with van der Waals surface area (Å²) in [6.07, 6.45) is 1.43. The minimum Gasteiger partial charge on any atom is -0.349 e. The van der Waals surface area contributed by atoms with Crippen LogP contribution >= 0.6 is 0 Å². The number of benzene rings is 2. The predicted octanol–water partition coefficient (Wildman–Crippen LogP) is 3.17. The molecule has 3 rings (SSSR count). The molecule has 1 heterocycles. The van der Waals surface area contributed by atoms with Crippen molar-refractivity contribution in [2.75, 3.05) is 13.1 Å². The number of carbonyl (C=O) groups is 2. The number of carbonyl (C=O) groups excluding carboxylic acids is 2. The van der Waals surface area contributed by atoms with Crippen molar-refractivity contribution >= 4 is 11.8 Å². The standard InChI is InChI=1S/C20H21FN2O2/c1-14-2-4-15(5-3-14)19(24)22-18-10-12-23(13-11-18)20(25)16-6-8-17(21)9-7-16/h2-9,18H,10-13H2,1H3,(H,22,24). The Morgan fingerprint density at radius 3 is 2.12 bits per heavy atom. The Balaban J connectivity index is 1.53. The van der Waals surface area contributed by atoms with Crippen LogP contribution in [0.25, 0.3) is 0 Å². The summed E-state index contributed by atoms with van der Waals surface area (Å²) in [6, 6.07) is 13.1. The van der Waals surface area contributed by atoms with Crippen molar-refractivity contribution in [2.45, 2.75) is 25.8 Å². The smallest absolute Gasteiger partial charge is 0.253 e. The molecule has 0 unspecified atom stereocenters. The van der Waals surface area contributed by atoms with Gasteiger partial charge in [-0.1, -0.05) is 17.7 Å². The zero-order valence-corrected chi connectivity index (χ0v) is 14.2. The maximum atomic E-state index is 13.0. The van der Waals surface area contributed by atoms with Gasteiger partial charge in [-0.05, 0) is 56.2 Å². The topological polar surface area (TPSA) is 49.4 Å². The van der Waals surface area contributed by atoms with Gasteiger partial charge in [-0.2, -0.15) is 0 Å². The lowest BCUT2D eigenvalue weighted by Gasteiger charge is -2.32. The molecule has 0 spiro atoms. The highest BCUT2D eigenvalue weighted by Crippen LogP contribution is 2.15. The number of rotatable bonds is 3. The maximum Gasteiger partial charge on any atom is 0.253 e. The lowest BCUT2D eigenvalue weighted by atomic mass is 10.0. The van der Waals surface area contributed by atoms with Crippen molar-refractivity contribution < 1.29 is 14.0 Å². The van der Waals surface area contributed by atoms with Crippen LogP contribution in [0.5, 0.6) is 0 Å². The summed E-state index contributed by atoms with van der Waals surface area (Å²) < 4.78 is 13.0. The maximum absolute atomic E-state index is 13.0. The van der Waals surface area contributed by atoms with E-state index in [4.69, 9.17) is 0 Å². The number of nitrogens with one attached hydrogen (secondary N) is 1. The van der Waals surface area contributed by atoms with E-state index in [0.717, 1.165) is 5.56 Å². The summed E-state index contributed by atoms with van der Waals surface area (Å²) in [5.74, 6) is -0.527. The average Bonchev–Trinajstić information content (AvgIpc) is 2.63. The molecule has 2 amide bonds. The van der Waals surface area contributed by atoms with Crippen LogP contribution in [-0.2, 0) is 0 Å². The van der Waals surface area contributed by atoms with E-state index in [1.807, 2.05) is 31.2 Å². The molecule has 1 saturated heterocycles. The lowest BCUT2D eigenvalue weighted by Crippen LogP contribution is -2.46. The zero-order chi connectivity index (χ0) is 17.8. The van der Waals surface area contributed by atoms with Crippen molar-refractivity contribution in [3.8, 4) is 0 Å². The summed E-state index contributed by atoms with van der Waals surface area (Å²) in [7, 11) is 0. The van der Waals surface area contributed by atoms with Gasteiger partial charge in [0.05, 0.1) is 0 Å². The fourth-order valence-corrected chi connectivity index (χ4v) is 2.98. The molecule has 2 aromatic rings. The SMILES string of the molecule is Cc1ccc(C(=O)NC2CCN(C(=O)c3ccc(F)cc3)CC2)cc1. The third kappa shape index (κ3) is 4.24. The monoisotopic (exact) mass is 340 g/mol. The molecule has 25 heavy (non-hydrogen) atoms. The van der Waals surface area contributed by atoms with E-state index in [-0.39, 0.29) is 23.7 Å². The van der Waals surface area contributed by atoms with E-state index in [0.29, 0.717) is 37.1 Å². The van der Waals surface area contributed by atoms with Crippen molar-refractivity contribution in [2.24, 2.45) is 0 Å². The summed E-state index contributed by atoms with van der Waals surface area (Å²) >= 11 is 0. The van der Waals surface area contributed by atoms with Crippen molar-refractivity contribution in [3.05, 3.63) is 71.0 Å². The van der Waals surface area contributed by atoms with Gasteiger partial charge in [0, 0.05) is 30.3 Å². The predicted molar refractivity (Wildman–Crippen MR) is 94.0 cm³/mol. The normalized spacial score (nSPS) is 15.0. The number of likely N-dealkylation sites (tertiary alicyclic amines) is 1. The van der Waals surface area contributed by atoms with E-state index in [9.17, 15) is 14.0 Å². The number of aryl methyl sites for hydroxylation is 1. The third-order valence-corrected chi connectivity index (χ3v) is 4.52. The summed E-state index contributed by atoms with van der Waals surface area (Å²) in [5.41, 5.74) is 2.25. The van der Waals surface area contributed by atoms with Crippen molar-refractivity contribution in [3.63, 3.8) is 0 Å². The molecule has 0 atom stereocenters. The van der Waals surface area contributed by atoms with Crippen LogP contribution in [0, 0.1) is 12.7 Å². The second-order valence-electron chi connectivity index (χ2n) is 6.41. The molecule has 130 valence electrons. The fraction of sp³-hybridized carbons (Fsp3) is 0.300. The summed E-state index contributed by atoms with van der Waals surface area (Å²) in [6.45, 7) is 3.14. The minimum atomic E-state index is -0.353. The molecule has 0 radical (unpaired) electrons. The largest absolute Gasteiger partial charge is 0.349 e. The van der Waals surface area contributed by atoms with Gasteiger partial charge >= 0.3 is 0 Å². The number of hydrogen-bond donors (Lipinski definition) is 1. The first kappa shape index (κ1) is 17.1. The van der Waals surface area contributed by atoms with Crippen LogP contribution < -0.4 is 5.32 Å². The van der Waals surface area contributed by atoms with Gasteiger partial charge in [0.1, 0.15) is 5.82 Å². The molecule has 0 saturated carbocycles. The molecule has 0 bridgehead atoms. The Kier molecular flexibility index (Phi) is 5.12. The van der Waals surface area contributed by atoms with Crippen LogP contribution in [0.15, 0.2) is 48.5 Å². The average molecular weight is 340 g/mol. The van der Waals surface area contributed by atoms with Crippen LogP contribution in [0.3, 0.4) is 0 Å². The lowest BCUT2D eigenvalue weighted by molar-refractivity contribution is 0.0698. The Hall–Kier alpha value is -2.69. The highest BCUT2D eigenvalue weighted by Gasteiger charge is 2.24. The quantitative estimate of drug-likeness (QED) is 0.933. The first-order chi connectivity index (χ1) is 12.0. The molecule has 4 nitrogen and oxygen atoms in total. The number of halogens is 1. The first-order valence-electron chi connectivity index (χ1n) is 8.45. The summed E-state index contributed by atoms with van der Waals surface area (Å²) in [4.78, 5) is 26.4. The number of amides is 2. The Labute approximate surface area is 146 Å². The highest BCUT2D eigenvalue weighted by atomic mass is 19.1. The number of piperidine rings is 1.